The second-order valence-corrected chi connectivity index (χ2v) is 4.01. The molecule has 0 bridgehead atoms. The number of nitrogens with zero attached hydrogens (tertiary/aromatic N) is 2. The summed E-state index contributed by atoms with van der Waals surface area (Å²) in [7, 11) is 0. The summed E-state index contributed by atoms with van der Waals surface area (Å²) < 4.78 is 37.5. The number of aliphatic hydroxyl groups is 1. The highest BCUT2D eigenvalue weighted by atomic mass is 19.4. The van der Waals surface area contributed by atoms with E-state index in [1.807, 2.05) is 0 Å². The van der Waals surface area contributed by atoms with Crippen molar-refractivity contribution in [3.63, 3.8) is 0 Å². The van der Waals surface area contributed by atoms with Gasteiger partial charge in [-0.05, 0) is 12.5 Å². The highest BCUT2D eigenvalue weighted by molar-refractivity contribution is 5.67. The smallest absolute Gasteiger partial charge is 0.396 e. The Kier molecular flexibility index (Phi) is 2.86. The molecule has 1 aromatic rings. The van der Waals surface area contributed by atoms with Gasteiger partial charge in [-0.3, -0.25) is 0 Å². The molecule has 3 N–H and O–H groups in total. The number of halogens is 3. The van der Waals surface area contributed by atoms with E-state index in [0.717, 1.165) is 12.3 Å². The van der Waals surface area contributed by atoms with Crippen molar-refractivity contribution >= 4 is 11.4 Å². The van der Waals surface area contributed by atoms with E-state index < -0.39 is 18.0 Å². The highest BCUT2D eigenvalue weighted by Gasteiger charge is 2.34. The summed E-state index contributed by atoms with van der Waals surface area (Å²) in [4.78, 5) is 4.90. The van der Waals surface area contributed by atoms with Gasteiger partial charge in [0.15, 0.2) is 0 Å². The molecule has 0 aromatic carbocycles. The van der Waals surface area contributed by atoms with Crippen LogP contribution in [0.2, 0.25) is 0 Å². The van der Waals surface area contributed by atoms with Crippen molar-refractivity contribution < 1.29 is 18.3 Å². The van der Waals surface area contributed by atoms with Gasteiger partial charge in [0.25, 0.3) is 0 Å². The number of aromatic nitrogens is 1. The van der Waals surface area contributed by atoms with Crippen molar-refractivity contribution in [2.45, 2.75) is 18.7 Å². The van der Waals surface area contributed by atoms with Crippen molar-refractivity contribution in [3.05, 3.63) is 18.0 Å². The van der Waals surface area contributed by atoms with Crippen LogP contribution in [-0.2, 0) is 6.18 Å². The Morgan fingerprint density at radius 2 is 2.18 bits per heavy atom. The van der Waals surface area contributed by atoms with Crippen LogP contribution in [0.1, 0.15) is 12.1 Å². The average molecular weight is 247 g/mol. The van der Waals surface area contributed by atoms with Crippen LogP contribution in [0.5, 0.6) is 0 Å². The molecule has 0 radical (unpaired) electrons. The maximum absolute atomic E-state index is 12.5. The summed E-state index contributed by atoms with van der Waals surface area (Å²) in [6.07, 6.45) is -3.47. The predicted molar refractivity (Wildman–Crippen MR) is 56.5 cm³/mol. The molecule has 1 atom stereocenters. The minimum atomic E-state index is -4.49. The molecule has 2 rings (SSSR count). The molecule has 7 heteroatoms. The third kappa shape index (κ3) is 2.44. The normalized spacial score (nSPS) is 20.9. The first-order valence-electron chi connectivity index (χ1n) is 5.13. The zero-order valence-electron chi connectivity index (χ0n) is 8.91. The van der Waals surface area contributed by atoms with Crippen LogP contribution in [0.4, 0.5) is 24.5 Å². The number of alkyl halides is 3. The molecule has 1 aliphatic rings. The van der Waals surface area contributed by atoms with E-state index in [2.05, 4.69) is 4.98 Å². The highest BCUT2D eigenvalue weighted by Crippen LogP contribution is 2.33. The van der Waals surface area contributed by atoms with E-state index in [1.165, 1.54) is 0 Å². The van der Waals surface area contributed by atoms with E-state index in [-0.39, 0.29) is 11.4 Å². The van der Waals surface area contributed by atoms with Crippen LogP contribution in [-0.4, -0.2) is 29.3 Å². The summed E-state index contributed by atoms with van der Waals surface area (Å²) in [5.41, 5.74) is 5.10. The summed E-state index contributed by atoms with van der Waals surface area (Å²) in [6, 6.07) is 0.924. The minimum Gasteiger partial charge on any atom is -0.396 e. The Bertz CT molecular complexity index is 422. The van der Waals surface area contributed by atoms with Gasteiger partial charge in [0.05, 0.1) is 23.7 Å². The Morgan fingerprint density at radius 1 is 1.47 bits per heavy atom. The van der Waals surface area contributed by atoms with Crippen molar-refractivity contribution in [1.82, 2.24) is 4.98 Å². The van der Waals surface area contributed by atoms with Gasteiger partial charge >= 0.3 is 6.18 Å². The van der Waals surface area contributed by atoms with Gasteiger partial charge in [0.1, 0.15) is 5.69 Å². The lowest BCUT2D eigenvalue weighted by molar-refractivity contribution is -0.141. The fraction of sp³-hybridized carbons (Fsp3) is 0.500. The molecular weight excluding hydrogens is 235 g/mol. The summed E-state index contributed by atoms with van der Waals surface area (Å²) in [6.45, 7) is 0.790. The molecule has 0 saturated carbocycles. The molecule has 1 saturated heterocycles. The minimum absolute atomic E-state index is 0.187. The van der Waals surface area contributed by atoms with Crippen molar-refractivity contribution in [2.75, 3.05) is 23.7 Å². The van der Waals surface area contributed by atoms with Gasteiger partial charge < -0.3 is 15.7 Å². The molecule has 1 aliphatic heterocycles. The van der Waals surface area contributed by atoms with Crippen LogP contribution in [0.25, 0.3) is 0 Å². The zero-order valence-corrected chi connectivity index (χ0v) is 8.91. The molecule has 0 spiro atoms. The van der Waals surface area contributed by atoms with Crippen LogP contribution in [0.3, 0.4) is 0 Å². The first-order chi connectivity index (χ1) is 7.88. The standard InChI is InChI=1S/C10H12F3N3O/c11-10(12,13)9-3-8(7(14)4-15-9)16-2-1-6(17)5-16/h3-4,6,17H,1-2,5,14H2. The summed E-state index contributed by atoms with van der Waals surface area (Å²) >= 11 is 0. The predicted octanol–water partition coefficient (Wildman–Crippen LogP) is 1.25. The average Bonchev–Trinajstić information content (AvgIpc) is 2.63. The first-order valence-corrected chi connectivity index (χ1v) is 5.13. The number of hydrogen-bond donors (Lipinski definition) is 2. The van der Waals surface area contributed by atoms with Gasteiger partial charge in [-0.1, -0.05) is 0 Å². The second kappa shape index (κ2) is 4.06. The Hall–Kier alpha value is -1.50. The quantitative estimate of drug-likeness (QED) is 0.784. The van der Waals surface area contributed by atoms with Gasteiger partial charge in [0.2, 0.25) is 0 Å². The number of nitrogens with two attached hydrogens (primary N) is 1. The summed E-state index contributed by atoms with van der Waals surface area (Å²) in [5.74, 6) is 0. The molecule has 1 unspecified atom stereocenters. The Labute approximate surface area is 95.9 Å². The third-order valence-corrected chi connectivity index (χ3v) is 2.71. The molecule has 0 amide bonds. The maximum Gasteiger partial charge on any atom is 0.433 e. The van der Waals surface area contributed by atoms with Crippen LogP contribution >= 0.6 is 0 Å². The lowest BCUT2D eigenvalue weighted by atomic mass is 10.2. The zero-order chi connectivity index (χ0) is 12.6. The fourth-order valence-electron chi connectivity index (χ4n) is 1.84. The van der Waals surface area contributed by atoms with Gasteiger partial charge in [0, 0.05) is 13.1 Å². The number of nitrogen functional groups attached to an aromatic ring is 1. The van der Waals surface area contributed by atoms with Crippen molar-refractivity contribution in [2.24, 2.45) is 0 Å². The van der Waals surface area contributed by atoms with Gasteiger partial charge in [-0.15, -0.1) is 0 Å². The van der Waals surface area contributed by atoms with E-state index in [9.17, 15) is 18.3 Å². The second-order valence-electron chi connectivity index (χ2n) is 4.01. The van der Waals surface area contributed by atoms with Crippen LogP contribution in [0.15, 0.2) is 12.3 Å². The third-order valence-electron chi connectivity index (χ3n) is 2.71. The largest absolute Gasteiger partial charge is 0.433 e. The number of aliphatic hydroxyl groups excluding tert-OH is 1. The summed E-state index contributed by atoms with van der Waals surface area (Å²) in [5, 5.41) is 9.36. The van der Waals surface area contributed by atoms with E-state index >= 15 is 0 Å². The topological polar surface area (TPSA) is 62.4 Å². The van der Waals surface area contributed by atoms with Crippen molar-refractivity contribution in [1.29, 1.82) is 0 Å². The monoisotopic (exact) mass is 247 g/mol. The molecule has 0 aliphatic carbocycles. The number of β-amino-alcohol motifs (C(OH)–C–C–N with tert-alkyl or cyclic N) is 1. The lowest BCUT2D eigenvalue weighted by Crippen LogP contribution is -2.23. The molecule has 1 aromatic heterocycles. The molecule has 1 fully saturated rings. The fourth-order valence-corrected chi connectivity index (χ4v) is 1.84. The first kappa shape index (κ1) is 12.0. The molecular formula is C10H12F3N3O. The SMILES string of the molecule is Nc1cnc(C(F)(F)F)cc1N1CCC(O)C1. The van der Waals surface area contributed by atoms with Crippen molar-refractivity contribution in [3.8, 4) is 0 Å². The van der Waals surface area contributed by atoms with E-state index in [4.69, 9.17) is 5.73 Å². The van der Waals surface area contributed by atoms with E-state index in [0.29, 0.717) is 19.5 Å². The Balaban J connectivity index is 2.33. The van der Waals surface area contributed by atoms with E-state index in [1.54, 1.807) is 4.90 Å². The molecule has 4 nitrogen and oxygen atoms in total. The van der Waals surface area contributed by atoms with Gasteiger partial charge in [-0.2, -0.15) is 13.2 Å². The molecule has 17 heavy (non-hydrogen) atoms. The van der Waals surface area contributed by atoms with Crippen LogP contribution < -0.4 is 10.6 Å². The number of pyridine rings is 1. The van der Waals surface area contributed by atoms with Gasteiger partial charge in [-0.25, -0.2) is 4.98 Å². The molecule has 94 valence electrons. The number of hydrogen-bond acceptors (Lipinski definition) is 4. The number of anilines is 2. The Morgan fingerprint density at radius 3 is 2.71 bits per heavy atom. The van der Waals surface area contributed by atoms with Crippen LogP contribution in [0, 0.1) is 0 Å². The number of rotatable bonds is 1. The maximum atomic E-state index is 12.5. The lowest BCUT2D eigenvalue weighted by Gasteiger charge is -2.20. The molecule has 2 heterocycles.